The van der Waals surface area contributed by atoms with Crippen LogP contribution in [0.2, 0.25) is 10.0 Å². The number of ether oxygens (including phenoxy) is 4. The minimum Gasteiger partial charge on any atom is -0.490 e. The lowest BCUT2D eigenvalue weighted by Gasteiger charge is -2.15. The molecule has 2 amide bonds. The van der Waals surface area contributed by atoms with Crippen LogP contribution in [0.15, 0.2) is 59.5 Å². The molecule has 0 aromatic heterocycles. The van der Waals surface area contributed by atoms with Crippen molar-refractivity contribution in [3.8, 4) is 23.0 Å². The number of halogens is 2. The van der Waals surface area contributed by atoms with E-state index in [0.717, 1.165) is 22.2 Å². The molecule has 3 aromatic rings. The van der Waals surface area contributed by atoms with Gasteiger partial charge in [-0.05, 0) is 59.7 Å². The maximum Gasteiger partial charge on any atom is 0.293 e. The van der Waals surface area contributed by atoms with E-state index in [1.54, 1.807) is 30.3 Å². The van der Waals surface area contributed by atoms with E-state index in [2.05, 4.69) is 0 Å². The summed E-state index contributed by atoms with van der Waals surface area (Å²) in [6.45, 7) is 2.68. The highest BCUT2D eigenvalue weighted by atomic mass is 35.5. The van der Waals surface area contributed by atoms with Gasteiger partial charge in [0.2, 0.25) is 6.79 Å². The second-order valence-electron chi connectivity index (χ2n) is 8.10. The van der Waals surface area contributed by atoms with Crippen molar-refractivity contribution in [2.24, 2.45) is 0 Å². The van der Waals surface area contributed by atoms with Crippen molar-refractivity contribution >= 4 is 52.2 Å². The Morgan fingerprint density at radius 1 is 1.00 bits per heavy atom. The summed E-state index contributed by atoms with van der Waals surface area (Å²) in [6, 6.07) is 16.4. The molecule has 2 aliphatic rings. The predicted molar refractivity (Wildman–Crippen MR) is 142 cm³/mol. The Morgan fingerprint density at radius 3 is 2.51 bits per heavy atom. The summed E-state index contributed by atoms with van der Waals surface area (Å²) in [6.07, 6.45) is 1.61. The Hall–Kier alpha value is -3.33. The average Bonchev–Trinajstić information content (AvgIpc) is 3.43. The summed E-state index contributed by atoms with van der Waals surface area (Å²) in [4.78, 5) is 27.2. The van der Waals surface area contributed by atoms with Crippen LogP contribution in [-0.2, 0) is 17.9 Å². The molecular weight excluding hydrogens is 537 g/mol. The third-order valence-corrected chi connectivity index (χ3v) is 7.14. The van der Waals surface area contributed by atoms with E-state index in [4.69, 9.17) is 42.1 Å². The van der Waals surface area contributed by atoms with E-state index in [1.165, 1.54) is 0 Å². The summed E-state index contributed by atoms with van der Waals surface area (Å²) in [5, 5.41) is 0.315. The molecule has 0 spiro atoms. The molecule has 0 N–H and O–H groups in total. The zero-order valence-corrected chi connectivity index (χ0v) is 22.0. The number of carbonyl (C=O) groups is 2. The number of carbonyl (C=O) groups excluding carboxylic acids is 2. The number of fused-ring (bicyclic) bond motifs is 1. The topological polar surface area (TPSA) is 74.3 Å². The van der Waals surface area contributed by atoms with Crippen LogP contribution in [-0.4, -0.2) is 29.4 Å². The van der Waals surface area contributed by atoms with Crippen LogP contribution in [0.25, 0.3) is 6.08 Å². The maximum atomic E-state index is 13.1. The van der Waals surface area contributed by atoms with E-state index in [9.17, 15) is 9.59 Å². The molecule has 1 saturated heterocycles. The van der Waals surface area contributed by atoms with Crippen molar-refractivity contribution in [1.82, 2.24) is 4.90 Å². The van der Waals surface area contributed by atoms with E-state index >= 15 is 0 Å². The van der Waals surface area contributed by atoms with Gasteiger partial charge in [0.15, 0.2) is 23.0 Å². The number of rotatable bonds is 8. The van der Waals surface area contributed by atoms with Gasteiger partial charge in [0, 0.05) is 11.1 Å². The molecule has 0 bridgehead atoms. The van der Waals surface area contributed by atoms with Crippen LogP contribution >= 0.6 is 35.0 Å². The van der Waals surface area contributed by atoms with Crippen molar-refractivity contribution in [2.45, 2.75) is 20.1 Å². The van der Waals surface area contributed by atoms with Crippen molar-refractivity contribution in [3.05, 3.63) is 86.2 Å². The fraction of sp³-hybridized carbons (Fsp3) is 0.185. The first kappa shape index (κ1) is 25.3. The van der Waals surface area contributed by atoms with E-state index < -0.39 is 11.1 Å². The average molecular weight is 558 g/mol. The smallest absolute Gasteiger partial charge is 0.293 e. The molecule has 2 aliphatic heterocycles. The highest BCUT2D eigenvalue weighted by Crippen LogP contribution is 2.41. The van der Waals surface area contributed by atoms with Crippen LogP contribution < -0.4 is 18.9 Å². The molecule has 3 aromatic carbocycles. The molecule has 0 atom stereocenters. The van der Waals surface area contributed by atoms with E-state index in [0.29, 0.717) is 57.4 Å². The first-order valence-corrected chi connectivity index (χ1v) is 13.0. The van der Waals surface area contributed by atoms with Crippen molar-refractivity contribution in [3.63, 3.8) is 0 Å². The summed E-state index contributed by atoms with van der Waals surface area (Å²) in [5.74, 6) is 1.48. The Kier molecular flexibility index (Phi) is 7.50. The normalized spacial score (nSPS) is 15.5. The van der Waals surface area contributed by atoms with Gasteiger partial charge in [-0.25, -0.2) is 0 Å². The predicted octanol–water partition coefficient (Wildman–Crippen LogP) is 6.94. The lowest BCUT2D eigenvalue weighted by molar-refractivity contribution is -0.123. The molecule has 0 aliphatic carbocycles. The third-order valence-electron chi connectivity index (χ3n) is 5.60. The molecule has 10 heteroatoms. The Bertz CT molecular complexity index is 1400. The molecule has 2 heterocycles. The Labute approximate surface area is 227 Å². The zero-order valence-electron chi connectivity index (χ0n) is 19.7. The van der Waals surface area contributed by atoms with Crippen LogP contribution in [0.1, 0.15) is 23.6 Å². The first-order chi connectivity index (χ1) is 17.9. The highest BCUT2D eigenvalue weighted by molar-refractivity contribution is 8.18. The Morgan fingerprint density at radius 2 is 1.76 bits per heavy atom. The summed E-state index contributed by atoms with van der Waals surface area (Å²) < 4.78 is 22.4. The van der Waals surface area contributed by atoms with Gasteiger partial charge in [-0.1, -0.05) is 53.5 Å². The van der Waals surface area contributed by atoms with Crippen molar-refractivity contribution in [2.75, 3.05) is 13.4 Å². The maximum absolute atomic E-state index is 13.1. The highest BCUT2D eigenvalue weighted by Gasteiger charge is 2.36. The van der Waals surface area contributed by atoms with E-state index in [-0.39, 0.29) is 18.2 Å². The number of amides is 2. The standard InChI is InChI=1S/C27H21Cl2NO6S/c1-2-33-23-9-17(8-20(29)25(23)34-14-16-6-4-3-5-7-16)10-24-26(31)30(27(32)37-24)13-18-11-21-22(12-19(18)28)36-15-35-21/h3-12H,2,13-15H2,1H3/b24-10-. The van der Waals surface area contributed by atoms with Crippen molar-refractivity contribution in [1.29, 1.82) is 0 Å². The fourth-order valence-corrected chi connectivity index (χ4v) is 5.17. The van der Waals surface area contributed by atoms with Gasteiger partial charge in [0.05, 0.1) is 23.1 Å². The van der Waals surface area contributed by atoms with Crippen LogP contribution in [0, 0.1) is 0 Å². The van der Waals surface area contributed by atoms with Gasteiger partial charge in [0.1, 0.15) is 6.61 Å². The van der Waals surface area contributed by atoms with Gasteiger partial charge in [-0.3, -0.25) is 14.5 Å². The molecular formula is C27H21Cl2NO6S. The molecule has 7 nitrogen and oxygen atoms in total. The second kappa shape index (κ2) is 11.0. The van der Waals surface area contributed by atoms with Crippen molar-refractivity contribution < 1.29 is 28.5 Å². The Balaban J connectivity index is 1.36. The molecule has 190 valence electrons. The molecule has 5 rings (SSSR count). The van der Waals surface area contributed by atoms with Crippen LogP contribution in [0.5, 0.6) is 23.0 Å². The van der Waals surface area contributed by atoms with Gasteiger partial charge < -0.3 is 18.9 Å². The first-order valence-electron chi connectivity index (χ1n) is 11.4. The van der Waals surface area contributed by atoms with Gasteiger partial charge in [-0.2, -0.15) is 0 Å². The fourth-order valence-electron chi connectivity index (χ4n) is 3.84. The summed E-state index contributed by atoms with van der Waals surface area (Å²) in [5.41, 5.74) is 2.17. The number of nitrogens with zero attached hydrogens (tertiary/aromatic N) is 1. The SMILES string of the molecule is CCOc1cc(/C=C2\SC(=O)N(Cc3cc4c(cc3Cl)OCO4)C2=O)cc(Cl)c1OCc1ccccc1. The van der Waals surface area contributed by atoms with E-state index in [1.807, 2.05) is 37.3 Å². The lowest BCUT2D eigenvalue weighted by Crippen LogP contribution is -2.27. The summed E-state index contributed by atoms with van der Waals surface area (Å²) in [7, 11) is 0. The molecule has 1 fully saturated rings. The minimum atomic E-state index is -0.429. The molecule has 0 unspecified atom stereocenters. The third kappa shape index (κ3) is 5.51. The van der Waals surface area contributed by atoms with Crippen LogP contribution in [0.3, 0.4) is 0 Å². The number of imide groups is 1. The number of benzene rings is 3. The zero-order chi connectivity index (χ0) is 25.9. The minimum absolute atomic E-state index is 0.00863. The second-order valence-corrected chi connectivity index (χ2v) is 9.91. The van der Waals surface area contributed by atoms with Gasteiger partial charge >= 0.3 is 0 Å². The largest absolute Gasteiger partial charge is 0.490 e. The molecule has 0 radical (unpaired) electrons. The lowest BCUT2D eigenvalue weighted by atomic mass is 10.1. The van der Waals surface area contributed by atoms with Gasteiger partial charge in [-0.15, -0.1) is 0 Å². The number of thioether (sulfide) groups is 1. The number of hydrogen-bond acceptors (Lipinski definition) is 7. The molecule has 37 heavy (non-hydrogen) atoms. The molecule has 0 saturated carbocycles. The van der Waals surface area contributed by atoms with Gasteiger partial charge in [0.25, 0.3) is 11.1 Å². The van der Waals surface area contributed by atoms with Crippen LogP contribution in [0.4, 0.5) is 4.79 Å². The quantitative estimate of drug-likeness (QED) is 0.278. The summed E-state index contributed by atoms with van der Waals surface area (Å²) >= 11 is 13.7. The monoisotopic (exact) mass is 557 g/mol. The number of hydrogen-bond donors (Lipinski definition) is 0.